The van der Waals surface area contributed by atoms with Gasteiger partial charge in [0.15, 0.2) is 0 Å². The van der Waals surface area contributed by atoms with Crippen LogP contribution in [0.2, 0.25) is 24.7 Å². The van der Waals surface area contributed by atoms with Gasteiger partial charge in [-0.3, -0.25) is 0 Å². The monoisotopic (exact) mass is 458 g/mol. The summed E-state index contributed by atoms with van der Waals surface area (Å²) >= 11 is 0. The van der Waals surface area contributed by atoms with Gasteiger partial charge in [0.25, 0.3) is 0 Å². The van der Waals surface area contributed by atoms with Gasteiger partial charge in [-0.25, -0.2) is 0 Å². The molecule has 0 aromatic carbocycles. The van der Waals surface area contributed by atoms with Gasteiger partial charge in [0.1, 0.15) is 0 Å². The van der Waals surface area contributed by atoms with Crippen LogP contribution < -0.4 is 0 Å². The van der Waals surface area contributed by atoms with Crippen molar-refractivity contribution in [2.75, 3.05) is 49.3 Å². The number of hydrogen-bond acceptors (Lipinski definition) is 7. The molecule has 0 saturated carbocycles. The van der Waals surface area contributed by atoms with Gasteiger partial charge < -0.3 is 31.3 Å². The minimum Gasteiger partial charge on any atom is -0.382 e. The molecule has 2 atom stereocenters. The summed E-state index contributed by atoms with van der Waals surface area (Å²) in [5.74, 6) is 0. The molecule has 10 heteroatoms. The molecule has 0 aliphatic heterocycles. The van der Waals surface area contributed by atoms with E-state index in [4.69, 9.17) is 31.3 Å². The highest BCUT2D eigenvalue weighted by Crippen LogP contribution is 2.18. The Morgan fingerprint density at radius 1 is 0.714 bits per heavy atom. The molecule has 0 aromatic heterocycles. The van der Waals surface area contributed by atoms with Crippen molar-refractivity contribution >= 4 is 26.4 Å². The molecule has 172 valence electrons. The van der Waals surface area contributed by atoms with Crippen molar-refractivity contribution in [2.45, 2.75) is 70.4 Å². The van der Waals surface area contributed by atoms with E-state index >= 15 is 0 Å². The fraction of sp³-hybridized carbons (Fsp3) is 1.00. The third kappa shape index (κ3) is 12.2. The van der Waals surface area contributed by atoms with Crippen molar-refractivity contribution in [2.24, 2.45) is 0 Å². The lowest BCUT2D eigenvalue weighted by molar-refractivity contribution is 0.113. The molecule has 0 saturated heterocycles. The van der Waals surface area contributed by atoms with Crippen LogP contribution in [0.15, 0.2) is 0 Å². The van der Waals surface area contributed by atoms with Gasteiger partial charge in [0, 0.05) is 67.1 Å². The summed E-state index contributed by atoms with van der Waals surface area (Å²) in [5.41, 5.74) is 0.452. The third-order valence-electron chi connectivity index (χ3n) is 4.95. The molecule has 0 fully saturated rings. The largest absolute Gasteiger partial charge is 0.500 e. The van der Waals surface area contributed by atoms with Gasteiger partial charge in [-0.2, -0.15) is 0 Å². The highest BCUT2D eigenvalue weighted by atomic mass is 28.4. The molecule has 0 radical (unpaired) electrons. The summed E-state index contributed by atoms with van der Waals surface area (Å²) in [6, 6.07) is 3.03. The Bertz CT molecular complexity index is 327. The van der Waals surface area contributed by atoms with E-state index < -0.39 is 26.4 Å². The first-order valence-corrected chi connectivity index (χ1v) is 16.7. The summed E-state index contributed by atoms with van der Waals surface area (Å²) in [7, 11) is 4.52. The Morgan fingerprint density at radius 2 is 1.14 bits per heavy atom. The van der Waals surface area contributed by atoms with Crippen molar-refractivity contribution in [1.82, 2.24) is 0 Å². The Labute approximate surface area is 177 Å². The van der Waals surface area contributed by atoms with Crippen molar-refractivity contribution in [1.29, 1.82) is 0 Å². The second-order valence-electron chi connectivity index (χ2n) is 6.79. The van der Waals surface area contributed by atoms with Gasteiger partial charge >= 0.3 is 17.6 Å². The summed E-state index contributed by atoms with van der Waals surface area (Å²) in [6.45, 7) is 9.69. The van der Waals surface area contributed by atoms with Crippen LogP contribution in [-0.2, 0) is 31.3 Å². The van der Waals surface area contributed by atoms with Crippen LogP contribution in [0.4, 0.5) is 0 Å². The van der Waals surface area contributed by atoms with Crippen LogP contribution in [0.25, 0.3) is 0 Å². The molecule has 7 nitrogen and oxygen atoms in total. The van der Waals surface area contributed by atoms with Crippen LogP contribution in [0, 0.1) is 0 Å². The highest BCUT2D eigenvalue weighted by Gasteiger charge is 2.37. The lowest BCUT2D eigenvalue weighted by Gasteiger charge is -2.25. The maximum Gasteiger partial charge on any atom is 0.500 e. The van der Waals surface area contributed by atoms with E-state index in [1.54, 1.807) is 42.7 Å². The van der Waals surface area contributed by atoms with Gasteiger partial charge in [0.2, 0.25) is 0 Å². The molecular formula is C18H46O7Si3. The number of ether oxygens (including phenoxy) is 1. The Balaban J connectivity index is 0. The first-order valence-electron chi connectivity index (χ1n) is 10.2. The van der Waals surface area contributed by atoms with E-state index in [1.807, 2.05) is 0 Å². The zero-order valence-electron chi connectivity index (χ0n) is 20.0. The smallest absolute Gasteiger partial charge is 0.382 e. The zero-order valence-corrected chi connectivity index (χ0v) is 23.1. The predicted octanol–water partition coefficient (Wildman–Crippen LogP) is 3.74. The van der Waals surface area contributed by atoms with Gasteiger partial charge in [-0.05, 0) is 13.3 Å². The average Bonchev–Trinajstić information content (AvgIpc) is 2.74. The topological polar surface area (TPSA) is 64.6 Å². The average molecular weight is 459 g/mol. The van der Waals surface area contributed by atoms with Crippen molar-refractivity contribution in [3.8, 4) is 0 Å². The van der Waals surface area contributed by atoms with Crippen LogP contribution in [0.1, 0.15) is 40.0 Å². The van der Waals surface area contributed by atoms with Crippen LogP contribution in [-0.4, -0.2) is 81.4 Å². The fourth-order valence-electron chi connectivity index (χ4n) is 2.76. The second-order valence-corrected chi connectivity index (χ2v) is 16.4. The Morgan fingerprint density at radius 3 is 1.46 bits per heavy atom. The molecule has 0 aliphatic carbocycles. The molecule has 0 spiro atoms. The molecule has 0 amide bonds. The van der Waals surface area contributed by atoms with Crippen LogP contribution >= 0.6 is 0 Å². The third-order valence-corrected chi connectivity index (χ3v) is 13.9. The van der Waals surface area contributed by atoms with E-state index in [1.165, 1.54) is 6.04 Å². The van der Waals surface area contributed by atoms with E-state index in [0.29, 0.717) is 5.73 Å². The van der Waals surface area contributed by atoms with Gasteiger partial charge in [-0.1, -0.05) is 39.3 Å². The molecule has 0 aliphatic rings. The van der Waals surface area contributed by atoms with Gasteiger partial charge in [-0.15, -0.1) is 0 Å². The highest BCUT2D eigenvalue weighted by molar-refractivity contribution is 6.61. The standard InChI is InChI=1S/C12H30O4Si2.C6H16O3Si/c1-7-9-16-12(2)17(6)10-8-11-18(13-3,14-4)15-5;1-5-6-10(7-2,8-3)9-4/h12,17H,7-11H2,1-6H3;5-6H2,1-4H3. The maximum absolute atomic E-state index is 5.79. The maximum atomic E-state index is 5.79. The lowest BCUT2D eigenvalue weighted by Crippen LogP contribution is -2.42. The first kappa shape index (κ1) is 30.6. The van der Waals surface area contributed by atoms with Crippen LogP contribution in [0.3, 0.4) is 0 Å². The van der Waals surface area contributed by atoms with Crippen LogP contribution in [0.5, 0.6) is 0 Å². The Kier molecular flexibility index (Phi) is 19.8. The van der Waals surface area contributed by atoms with E-state index in [-0.39, 0.29) is 0 Å². The van der Waals surface area contributed by atoms with Gasteiger partial charge in [0.05, 0.1) is 8.80 Å². The summed E-state index contributed by atoms with van der Waals surface area (Å²) in [5, 5.41) is 0. The molecule has 28 heavy (non-hydrogen) atoms. The molecule has 0 heterocycles. The second kappa shape index (κ2) is 18.2. The number of hydrogen-bond donors (Lipinski definition) is 0. The van der Waals surface area contributed by atoms with E-state index in [0.717, 1.165) is 38.0 Å². The quantitative estimate of drug-likeness (QED) is 0.326. The van der Waals surface area contributed by atoms with Crippen molar-refractivity contribution in [3.63, 3.8) is 0 Å². The normalized spacial score (nSPS) is 14.4. The minimum atomic E-state index is -2.36. The molecule has 2 unspecified atom stereocenters. The molecule has 0 N–H and O–H groups in total. The summed E-state index contributed by atoms with van der Waals surface area (Å²) in [6.07, 6.45) is 3.23. The van der Waals surface area contributed by atoms with E-state index in [9.17, 15) is 0 Å². The summed E-state index contributed by atoms with van der Waals surface area (Å²) in [4.78, 5) is 0. The lowest BCUT2D eigenvalue weighted by atomic mass is 10.5. The van der Waals surface area contributed by atoms with E-state index in [2.05, 4.69) is 27.3 Å². The Hall–Kier alpha value is 0.371. The zero-order chi connectivity index (χ0) is 22.1. The predicted molar refractivity (Wildman–Crippen MR) is 122 cm³/mol. The first-order chi connectivity index (χ1) is 13.3. The van der Waals surface area contributed by atoms with Crippen molar-refractivity contribution < 1.29 is 31.3 Å². The molecule has 0 bridgehead atoms. The molecular weight excluding hydrogens is 412 g/mol. The number of rotatable bonds is 16. The molecule has 0 rings (SSSR count). The summed E-state index contributed by atoms with van der Waals surface area (Å²) < 4.78 is 37.6. The van der Waals surface area contributed by atoms with Crippen molar-refractivity contribution in [3.05, 3.63) is 0 Å². The SMILES string of the molecule is CCCOC(C)[SiH](C)CCC[Si](OC)(OC)OC.CCC[Si](OC)(OC)OC. The minimum absolute atomic E-state index is 0.452. The fourth-order valence-corrected chi connectivity index (χ4v) is 8.43. The molecule has 0 aromatic rings.